The first-order valence-electron chi connectivity index (χ1n) is 16.0. The zero-order valence-electron chi connectivity index (χ0n) is 25.4. The Morgan fingerprint density at radius 1 is 1.00 bits per heavy atom. The molecule has 2 aromatic carbocycles. The normalized spacial score (nSPS) is 26.8. The lowest BCUT2D eigenvalue weighted by molar-refractivity contribution is -0.0291. The molecule has 0 amide bonds. The number of rotatable bonds is 1. The van der Waals surface area contributed by atoms with Crippen molar-refractivity contribution in [2.24, 2.45) is 5.92 Å². The van der Waals surface area contributed by atoms with Crippen molar-refractivity contribution in [1.82, 2.24) is 15.1 Å². The van der Waals surface area contributed by atoms with Crippen LogP contribution < -0.4 is 5.32 Å². The molecule has 10 heteroatoms. The highest BCUT2D eigenvalue weighted by atomic mass is 32.2. The minimum absolute atomic E-state index is 0.0105. The Morgan fingerprint density at radius 3 is 2.55 bits per heavy atom. The second-order valence-electron chi connectivity index (χ2n) is 13.2. The minimum Gasteiger partial charge on any atom is -0.362 e. The summed E-state index contributed by atoms with van der Waals surface area (Å²) in [5.74, 6) is -2.07. The van der Waals surface area contributed by atoms with Crippen molar-refractivity contribution in [3.63, 3.8) is 0 Å². The van der Waals surface area contributed by atoms with E-state index in [-0.39, 0.29) is 42.4 Å². The highest BCUT2D eigenvalue weighted by molar-refractivity contribution is 7.91. The molecule has 0 radical (unpaired) electrons. The van der Waals surface area contributed by atoms with Crippen LogP contribution in [-0.2, 0) is 27.6 Å². The number of nitriles is 1. The Hall–Kier alpha value is -3.16. The maximum atomic E-state index is 15.4. The van der Waals surface area contributed by atoms with Gasteiger partial charge in [-0.05, 0) is 86.7 Å². The van der Waals surface area contributed by atoms with E-state index in [4.69, 9.17) is 0 Å². The lowest BCUT2D eigenvalue weighted by Gasteiger charge is -2.40. The summed E-state index contributed by atoms with van der Waals surface area (Å²) in [5, 5.41) is 24.3. The van der Waals surface area contributed by atoms with E-state index in [1.165, 1.54) is 6.07 Å². The zero-order valence-corrected chi connectivity index (χ0v) is 26.2. The number of fused-ring (bicyclic) bond motifs is 8. The highest BCUT2D eigenvalue weighted by Gasteiger charge is 2.40. The summed E-state index contributed by atoms with van der Waals surface area (Å²) in [6, 6.07) is 12.8. The standard InChI is InChI=1S/C34H41F2N5O2S/c1-24-26-8-6-9-28(17-26)34(35,36)11-10-25-21-41(22-25)14-5-3-2-4-7-27-18-29(19-30-31(27)20-38-40-32(30)39-24)33(23-37)12-15-44(42,43)16-13-33/h6,8-9,17-20,24-25H,2-5,7,10-16,21-22H2,1H3,(H,39,40)/t24-/m1/s1. The Bertz CT molecular complexity index is 1650. The van der Waals surface area contributed by atoms with Gasteiger partial charge in [0.15, 0.2) is 5.82 Å². The van der Waals surface area contributed by atoms with Crippen LogP contribution in [0.3, 0.4) is 0 Å². The fourth-order valence-electron chi connectivity index (χ4n) is 7.10. The number of halogens is 2. The van der Waals surface area contributed by atoms with Gasteiger partial charge < -0.3 is 10.2 Å². The highest BCUT2D eigenvalue weighted by Crippen LogP contribution is 2.41. The molecular weight excluding hydrogens is 580 g/mol. The number of hydrogen-bond acceptors (Lipinski definition) is 7. The van der Waals surface area contributed by atoms with E-state index in [2.05, 4.69) is 32.5 Å². The van der Waals surface area contributed by atoms with Crippen LogP contribution in [0, 0.1) is 17.2 Å². The van der Waals surface area contributed by atoms with E-state index in [1.807, 2.05) is 19.1 Å². The molecule has 0 spiro atoms. The summed E-state index contributed by atoms with van der Waals surface area (Å²) >= 11 is 0. The van der Waals surface area contributed by atoms with Crippen molar-refractivity contribution in [2.45, 2.75) is 82.1 Å². The van der Waals surface area contributed by atoms with Gasteiger partial charge >= 0.3 is 0 Å². The maximum absolute atomic E-state index is 15.4. The molecule has 0 unspecified atom stereocenters. The predicted octanol–water partition coefficient (Wildman–Crippen LogP) is 6.69. The molecule has 2 saturated heterocycles. The first-order valence-corrected chi connectivity index (χ1v) is 17.8. The average molecular weight is 622 g/mol. The fraction of sp³-hybridized carbons (Fsp3) is 0.559. The van der Waals surface area contributed by atoms with Gasteiger partial charge in [0, 0.05) is 35.8 Å². The van der Waals surface area contributed by atoms with Crippen molar-refractivity contribution in [2.75, 3.05) is 36.5 Å². The van der Waals surface area contributed by atoms with E-state index < -0.39 is 21.2 Å². The van der Waals surface area contributed by atoms with Gasteiger partial charge in [0.05, 0.1) is 35.2 Å². The van der Waals surface area contributed by atoms with E-state index in [0.717, 1.165) is 79.2 Å². The molecular formula is C34H41F2N5O2S. The maximum Gasteiger partial charge on any atom is 0.273 e. The van der Waals surface area contributed by atoms with E-state index in [9.17, 15) is 13.7 Å². The molecule has 8 bridgehead atoms. The third-order valence-corrected chi connectivity index (χ3v) is 11.7. The van der Waals surface area contributed by atoms with Crippen molar-refractivity contribution >= 4 is 26.4 Å². The van der Waals surface area contributed by atoms with Gasteiger partial charge in [-0.25, -0.2) is 17.2 Å². The Balaban J connectivity index is 1.38. The van der Waals surface area contributed by atoms with Crippen molar-refractivity contribution in [3.8, 4) is 6.07 Å². The number of anilines is 1. The van der Waals surface area contributed by atoms with Crippen molar-refractivity contribution < 1.29 is 17.2 Å². The molecule has 234 valence electrons. The number of nitrogens with one attached hydrogen (secondary N) is 1. The van der Waals surface area contributed by atoms with E-state index in [1.54, 1.807) is 18.3 Å². The van der Waals surface area contributed by atoms with Gasteiger partial charge in [0.2, 0.25) is 0 Å². The van der Waals surface area contributed by atoms with Gasteiger partial charge in [0.1, 0.15) is 9.84 Å². The number of sulfone groups is 1. The molecule has 5 heterocycles. The summed E-state index contributed by atoms with van der Waals surface area (Å²) in [5.41, 5.74) is 1.74. The molecule has 1 aromatic heterocycles. The zero-order chi connectivity index (χ0) is 31.0. The largest absolute Gasteiger partial charge is 0.362 e. The second-order valence-corrected chi connectivity index (χ2v) is 15.5. The first-order chi connectivity index (χ1) is 21.1. The number of hydrogen-bond donors (Lipinski definition) is 1. The van der Waals surface area contributed by atoms with Gasteiger partial charge in [0.25, 0.3) is 5.92 Å². The van der Waals surface area contributed by atoms with Crippen LogP contribution in [0.4, 0.5) is 14.6 Å². The van der Waals surface area contributed by atoms with Crippen molar-refractivity contribution in [3.05, 3.63) is 64.8 Å². The SMILES string of the molecule is C[C@H]1Nc2nncc3c(cc(C4(C#N)CCS(=O)(=O)CC4)cc23)CCCCCCN2CC(CCC(F)(F)c3cccc1c3)C2. The topological polar surface area (TPSA) is 99.0 Å². The smallest absolute Gasteiger partial charge is 0.273 e. The van der Waals surface area contributed by atoms with Crippen LogP contribution in [0.2, 0.25) is 0 Å². The molecule has 3 aromatic rings. The van der Waals surface area contributed by atoms with Gasteiger partial charge in [-0.3, -0.25) is 0 Å². The van der Waals surface area contributed by atoms with Crippen LogP contribution in [0.15, 0.2) is 42.6 Å². The second kappa shape index (κ2) is 12.3. The number of aryl methyl sites for hydroxylation is 1. The molecule has 1 N–H and O–H groups in total. The third kappa shape index (κ3) is 6.45. The Morgan fingerprint density at radius 2 is 1.77 bits per heavy atom. The number of alkyl halides is 2. The summed E-state index contributed by atoms with van der Waals surface area (Å²) < 4.78 is 55.3. The number of nitrogens with zero attached hydrogens (tertiary/aromatic N) is 4. The summed E-state index contributed by atoms with van der Waals surface area (Å²) in [6.07, 6.45) is 7.67. The lowest BCUT2D eigenvalue weighted by Crippen LogP contribution is -2.47. The molecule has 4 aliphatic rings. The van der Waals surface area contributed by atoms with E-state index >= 15 is 8.78 Å². The number of aromatic nitrogens is 2. The molecule has 7 rings (SSSR count). The van der Waals surface area contributed by atoms with Crippen LogP contribution in [0.5, 0.6) is 0 Å². The van der Waals surface area contributed by atoms with Crippen LogP contribution >= 0.6 is 0 Å². The quantitative estimate of drug-likeness (QED) is 0.323. The lowest BCUT2D eigenvalue weighted by atomic mass is 9.75. The average Bonchev–Trinajstić information content (AvgIpc) is 2.99. The summed E-state index contributed by atoms with van der Waals surface area (Å²) in [4.78, 5) is 2.38. The van der Waals surface area contributed by atoms with Crippen LogP contribution in [-0.4, -0.2) is 54.7 Å². The number of benzene rings is 2. The predicted molar refractivity (Wildman–Crippen MR) is 168 cm³/mol. The molecule has 1 atom stereocenters. The Kier molecular flexibility index (Phi) is 8.64. The molecule has 7 nitrogen and oxygen atoms in total. The molecule has 0 saturated carbocycles. The van der Waals surface area contributed by atoms with E-state index in [0.29, 0.717) is 18.2 Å². The molecule has 0 aliphatic carbocycles. The van der Waals surface area contributed by atoms with Crippen molar-refractivity contribution in [1.29, 1.82) is 5.26 Å². The summed E-state index contributed by atoms with van der Waals surface area (Å²) in [7, 11) is -3.16. The fourth-order valence-corrected chi connectivity index (χ4v) is 8.62. The first kappa shape index (κ1) is 30.8. The molecule has 2 fully saturated rings. The van der Waals surface area contributed by atoms with Crippen LogP contribution in [0.1, 0.15) is 86.6 Å². The van der Waals surface area contributed by atoms with Gasteiger partial charge in [-0.15, -0.1) is 5.10 Å². The third-order valence-electron chi connectivity index (χ3n) is 10.0. The minimum atomic E-state index is -3.16. The molecule has 44 heavy (non-hydrogen) atoms. The summed E-state index contributed by atoms with van der Waals surface area (Å²) in [6.45, 7) is 4.73. The Labute approximate surface area is 259 Å². The van der Waals surface area contributed by atoms with Crippen LogP contribution in [0.25, 0.3) is 10.8 Å². The molecule has 4 aliphatic heterocycles. The van der Waals surface area contributed by atoms with Gasteiger partial charge in [-0.1, -0.05) is 37.1 Å². The monoisotopic (exact) mass is 621 g/mol. The van der Waals surface area contributed by atoms with Gasteiger partial charge in [-0.2, -0.15) is 10.4 Å².